The molecule has 0 atom stereocenters. The molecular formula is C28H26F4N6O3. The molecule has 1 amide bonds. The molecule has 0 spiro atoms. The van der Waals surface area contributed by atoms with Crippen LogP contribution in [0.1, 0.15) is 30.6 Å². The molecule has 2 aliphatic rings. The van der Waals surface area contributed by atoms with Crippen molar-refractivity contribution in [1.29, 1.82) is 0 Å². The van der Waals surface area contributed by atoms with Gasteiger partial charge in [-0.15, -0.1) is 13.2 Å². The number of amides is 1. The van der Waals surface area contributed by atoms with E-state index in [0.29, 0.717) is 39.4 Å². The van der Waals surface area contributed by atoms with Gasteiger partial charge in [0.15, 0.2) is 11.7 Å². The maximum absolute atomic E-state index is 13.5. The first-order valence-electron chi connectivity index (χ1n) is 13.1. The monoisotopic (exact) mass is 570 g/mol. The Hall–Kier alpha value is -4.26. The van der Waals surface area contributed by atoms with Gasteiger partial charge in [0.2, 0.25) is 0 Å². The van der Waals surface area contributed by atoms with E-state index in [4.69, 9.17) is 14.6 Å². The number of halogens is 4. The number of carbonyl (C=O) groups excluding carboxylic acids is 1. The lowest BCUT2D eigenvalue weighted by atomic mass is 9.96. The number of rotatable bonds is 6. The summed E-state index contributed by atoms with van der Waals surface area (Å²) in [5.41, 5.74) is 2.36. The third kappa shape index (κ3) is 5.29. The Balaban J connectivity index is 1.40. The number of piperidine rings is 1. The predicted molar refractivity (Wildman–Crippen MR) is 140 cm³/mol. The maximum atomic E-state index is 13.5. The zero-order valence-electron chi connectivity index (χ0n) is 22.1. The van der Waals surface area contributed by atoms with E-state index < -0.39 is 18.1 Å². The molecule has 2 aliphatic heterocycles. The average molecular weight is 571 g/mol. The summed E-state index contributed by atoms with van der Waals surface area (Å²) in [6.45, 7) is 5.37. The summed E-state index contributed by atoms with van der Waals surface area (Å²) < 4.78 is 63.0. The number of aromatic nitrogens is 4. The van der Waals surface area contributed by atoms with Gasteiger partial charge in [-0.05, 0) is 63.3 Å². The molecule has 13 heteroatoms. The van der Waals surface area contributed by atoms with E-state index in [1.807, 2.05) is 18.2 Å². The molecule has 214 valence electrons. The first kappa shape index (κ1) is 26.9. The highest BCUT2D eigenvalue weighted by Crippen LogP contribution is 2.39. The maximum Gasteiger partial charge on any atom is 0.573 e. The zero-order valence-corrected chi connectivity index (χ0v) is 22.1. The molecule has 2 aromatic heterocycles. The molecule has 6 rings (SSSR count). The lowest BCUT2D eigenvalue weighted by molar-refractivity contribution is -0.274. The lowest BCUT2D eigenvalue weighted by Crippen LogP contribution is -2.51. The molecular weight excluding hydrogens is 544 g/mol. The van der Waals surface area contributed by atoms with Crippen LogP contribution in [-0.4, -0.2) is 75.2 Å². The first-order valence-corrected chi connectivity index (χ1v) is 13.1. The fourth-order valence-corrected chi connectivity index (χ4v) is 5.38. The number of ether oxygens (including phenoxy) is 1. The van der Waals surface area contributed by atoms with Crippen molar-refractivity contribution < 1.29 is 31.6 Å². The van der Waals surface area contributed by atoms with Gasteiger partial charge in [-0.3, -0.25) is 9.48 Å². The van der Waals surface area contributed by atoms with E-state index in [2.05, 4.69) is 28.4 Å². The molecule has 0 radical (unpaired) electrons. The molecule has 2 fully saturated rings. The number of fused-ring (bicyclic) bond motifs is 1. The Labute approximate surface area is 232 Å². The highest BCUT2D eigenvalue weighted by atomic mass is 19.4. The summed E-state index contributed by atoms with van der Waals surface area (Å²) in [4.78, 5) is 20.4. The van der Waals surface area contributed by atoms with Crippen molar-refractivity contribution in [2.45, 2.75) is 31.2 Å². The zero-order chi connectivity index (χ0) is 28.9. The van der Waals surface area contributed by atoms with Gasteiger partial charge in [0, 0.05) is 30.0 Å². The SMILES string of the molecule is C=C(F)C(=O)N1CC(n2nc(-c3ccc(OC(F)(F)F)cc3)c3cccc(-c4nc(C5CCN(C)CC5)no4)c32)C1. The van der Waals surface area contributed by atoms with Crippen molar-refractivity contribution in [3.8, 4) is 28.5 Å². The minimum absolute atomic E-state index is 0.181. The molecule has 4 heterocycles. The highest BCUT2D eigenvalue weighted by molar-refractivity contribution is 6.00. The van der Waals surface area contributed by atoms with Crippen LogP contribution in [0.15, 0.2) is 59.4 Å². The second-order valence-corrected chi connectivity index (χ2v) is 10.4. The van der Waals surface area contributed by atoms with E-state index in [9.17, 15) is 22.4 Å². The fourth-order valence-electron chi connectivity index (χ4n) is 5.38. The van der Waals surface area contributed by atoms with Gasteiger partial charge in [-0.25, -0.2) is 4.39 Å². The minimum atomic E-state index is -4.81. The van der Waals surface area contributed by atoms with Gasteiger partial charge in [0.25, 0.3) is 11.8 Å². The largest absolute Gasteiger partial charge is 0.573 e. The molecule has 41 heavy (non-hydrogen) atoms. The van der Waals surface area contributed by atoms with Crippen molar-refractivity contribution in [3.63, 3.8) is 0 Å². The van der Waals surface area contributed by atoms with Crippen LogP contribution in [0.3, 0.4) is 0 Å². The Morgan fingerprint density at radius 3 is 2.46 bits per heavy atom. The Morgan fingerprint density at radius 2 is 1.80 bits per heavy atom. The van der Waals surface area contributed by atoms with Gasteiger partial charge >= 0.3 is 6.36 Å². The first-order chi connectivity index (χ1) is 19.6. The van der Waals surface area contributed by atoms with Crippen molar-refractivity contribution in [2.75, 3.05) is 33.2 Å². The van der Waals surface area contributed by atoms with Crippen LogP contribution in [0, 0.1) is 0 Å². The number of alkyl halides is 3. The van der Waals surface area contributed by atoms with Crippen LogP contribution in [0.5, 0.6) is 5.75 Å². The van der Waals surface area contributed by atoms with E-state index in [0.717, 1.165) is 25.9 Å². The molecule has 4 aromatic rings. The molecule has 9 nitrogen and oxygen atoms in total. The highest BCUT2D eigenvalue weighted by Gasteiger charge is 2.36. The van der Waals surface area contributed by atoms with Gasteiger partial charge in [-0.1, -0.05) is 23.9 Å². The van der Waals surface area contributed by atoms with Crippen molar-refractivity contribution in [2.24, 2.45) is 0 Å². The third-order valence-corrected chi connectivity index (χ3v) is 7.57. The number of para-hydroxylation sites is 1. The lowest BCUT2D eigenvalue weighted by Gasteiger charge is -2.39. The number of hydrogen-bond donors (Lipinski definition) is 0. The summed E-state index contributed by atoms with van der Waals surface area (Å²) >= 11 is 0. The van der Waals surface area contributed by atoms with Gasteiger partial charge in [0.1, 0.15) is 11.4 Å². The number of nitrogens with zero attached hydrogens (tertiary/aromatic N) is 6. The molecule has 2 saturated heterocycles. The Bertz CT molecular complexity index is 1600. The van der Waals surface area contributed by atoms with Crippen molar-refractivity contribution in [3.05, 3.63) is 60.7 Å². The molecule has 0 N–H and O–H groups in total. The number of hydrogen-bond acceptors (Lipinski definition) is 7. The summed E-state index contributed by atoms with van der Waals surface area (Å²) in [5, 5.41) is 9.79. The molecule has 0 saturated carbocycles. The normalized spacial score (nSPS) is 17.1. The summed E-state index contributed by atoms with van der Waals surface area (Å²) in [6, 6.07) is 10.6. The Kier molecular flexibility index (Phi) is 6.76. The molecule has 0 bridgehead atoms. The summed E-state index contributed by atoms with van der Waals surface area (Å²) in [6.07, 6.45) is -2.97. The van der Waals surface area contributed by atoms with E-state index in [1.54, 1.807) is 4.68 Å². The predicted octanol–water partition coefficient (Wildman–Crippen LogP) is 5.33. The van der Waals surface area contributed by atoms with E-state index in [-0.39, 0.29) is 30.8 Å². The quantitative estimate of drug-likeness (QED) is 0.229. The smallest absolute Gasteiger partial charge is 0.406 e. The van der Waals surface area contributed by atoms with E-state index >= 15 is 0 Å². The van der Waals surface area contributed by atoms with Crippen molar-refractivity contribution >= 4 is 16.8 Å². The van der Waals surface area contributed by atoms with Crippen LogP contribution < -0.4 is 4.74 Å². The van der Waals surface area contributed by atoms with Gasteiger partial charge in [-0.2, -0.15) is 10.1 Å². The second-order valence-electron chi connectivity index (χ2n) is 10.4. The summed E-state index contributed by atoms with van der Waals surface area (Å²) in [5.74, 6) is -1.03. The van der Waals surface area contributed by atoms with Crippen LogP contribution in [0.4, 0.5) is 17.6 Å². The van der Waals surface area contributed by atoms with Crippen LogP contribution >= 0.6 is 0 Å². The molecule has 0 aliphatic carbocycles. The summed E-state index contributed by atoms with van der Waals surface area (Å²) in [7, 11) is 2.08. The van der Waals surface area contributed by atoms with Crippen molar-refractivity contribution in [1.82, 2.24) is 29.7 Å². The van der Waals surface area contributed by atoms with E-state index in [1.165, 1.54) is 29.2 Å². The average Bonchev–Trinajstić information content (AvgIpc) is 3.54. The molecule has 0 unspecified atom stereocenters. The van der Waals surface area contributed by atoms with Crippen LogP contribution in [-0.2, 0) is 4.79 Å². The van der Waals surface area contributed by atoms with Crippen LogP contribution in [0.2, 0.25) is 0 Å². The fraction of sp³-hybridized carbons (Fsp3) is 0.357. The third-order valence-electron chi connectivity index (χ3n) is 7.57. The van der Waals surface area contributed by atoms with Crippen LogP contribution in [0.25, 0.3) is 33.6 Å². The Morgan fingerprint density at radius 1 is 1.10 bits per heavy atom. The number of benzene rings is 2. The molecule has 2 aromatic carbocycles. The second kappa shape index (κ2) is 10.3. The standard InChI is InChI=1S/C28H26F4N6O3/c1-16(29)27(39)37-14-19(15-37)38-24-21(23(34-38)17-6-8-20(9-7-17)40-28(30,31)32)4-3-5-22(24)26-33-25(35-41-26)18-10-12-36(2)13-11-18/h3-9,18-19H,1,10-15H2,2H3. The topological polar surface area (TPSA) is 89.5 Å². The number of carbonyl (C=O) groups is 1. The van der Waals surface area contributed by atoms with Gasteiger partial charge in [0.05, 0.1) is 17.1 Å². The number of likely N-dealkylation sites (tertiary alicyclic amines) is 2. The van der Waals surface area contributed by atoms with Gasteiger partial charge < -0.3 is 19.1 Å². The minimum Gasteiger partial charge on any atom is -0.406 e.